The quantitative estimate of drug-likeness (QED) is 0.691. The maximum absolute atomic E-state index is 11.2. The van der Waals surface area contributed by atoms with E-state index >= 15 is 0 Å². The van der Waals surface area contributed by atoms with E-state index in [1.807, 2.05) is 5.38 Å². The molecule has 3 rings (SSSR count). The normalized spacial score (nSPS) is 23.1. The second-order valence-electron chi connectivity index (χ2n) is 5.62. The molecule has 1 saturated carbocycles. The lowest BCUT2D eigenvalue weighted by Gasteiger charge is -2.26. The van der Waals surface area contributed by atoms with Gasteiger partial charge in [0.25, 0.3) is 4.96 Å². The van der Waals surface area contributed by atoms with Gasteiger partial charge in [0.05, 0.1) is 0 Å². The van der Waals surface area contributed by atoms with Crippen molar-refractivity contribution >= 4 is 27.9 Å². The van der Waals surface area contributed by atoms with Crippen LogP contribution in [0.4, 0.5) is 11.6 Å². The van der Waals surface area contributed by atoms with Crippen LogP contribution in [0.1, 0.15) is 32.6 Å². The smallest absolute Gasteiger partial charge is 0.363 e. The topological polar surface area (TPSA) is 72.5 Å². The Morgan fingerprint density at radius 2 is 2.45 bits per heavy atom. The summed E-state index contributed by atoms with van der Waals surface area (Å²) < 4.78 is 1.54. The molecule has 108 valence electrons. The average Bonchev–Trinajstić information content (AvgIpc) is 2.95. The molecule has 1 aliphatic carbocycles. The molecule has 1 aliphatic rings. The van der Waals surface area contributed by atoms with E-state index in [0.717, 1.165) is 12.5 Å². The molecule has 0 aliphatic heterocycles. The predicted molar refractivity (Wildman–Crippen MR) is 79.3 cm³/mol. The van der Waals surface area contributed by atoms with Crippen molar-refractivity contribution in [3.05, 3.63) is 21.7 Å². The summed E-state index contributed by atoms with van der Waals surface area (Å²) >= 11 is 1.41. The zero-order valence-electron chi connectivity index (χ0n) is 11.4. The van der Waals surface area contributed by atoms with Crippen LogP contribution in [0.2, 0.25) is 0 Å². The van der Waals surface area contributed by atoms with Crippen LogP contribution in [0.5, 0.6) is 0 Å². The number of aromatic nitrogens is 2. The second kappa shape index (κ2) is 5.40. The lowest BCUT2D eigenvalue weighted by molar-refractivity contribution is -0.389. The first-order valence-corrected chi connectivity index (χ1v) is 7.87. The van der Waals surface area contributed by atoms with Crippen molar-refractivity contribution in [3.8, 4) is 0 Å². The van der Waals surface area contributed by atoms with Gasteiger partial charge >= 0.3 is 5.82 Å². The molecular formula is C13H18N4O2S. The Labute approximate surface area is 121 Å². The standard InChI is InChI=1S/C13H18N4O2S/c1-9-3-2-4-10(7-9)8-14-11-12(17(18)19)16-5-6-20-13(16)15-11/h5-6,9-10,14H,2-4,7-8H2,1H3. The summed E-state index contributed by atoms with van der Waals surface area (Å²) in [6.07, 6.45) is 6.65. The van der Waals surface area contributed by atoms with E-state index in [1.54, 1.807) is 6.20 Å². The molecule has 0 amide bonds. The van der Waals surface area contributed by atoms with Crippen molar-refractivity contribution in [1.29, 1.82) is 0 Å². The van der Waals surface area contributed by atoms with E-state index < -0.39 is 0 Å². The maximum Gasteiger partial charge on any atom is 0.372 e. The average molecular weight is 294 g/mol. The zero-order valence-corrected chi connectivity index (χ0v) is 12.2. The Balaban J connectivity index is 1.75. The van der Waals surface area contributed by atoms with Gasteiger partial charge < -0.3 is 15.4 Å². The van der Waals surface area contributed by atoms with Crippen LogP contribution in [0.15, 0.2) is 11.6 Å². The van der Waals surface area contributed by atoms with Crippen molar-refractivity contribution in [2.45, 2.75) is 32.6 Å². The highest BCUT2D eigenvalue weighted by molar-refractivity contribution is 7.15. The van der Waals surface area contributed by atoms with E-state index in [9.17, 15) is 10.1 Å². The first kappa shape index (κ1) is 13.4. The fourth-order valence-electron chi connectivity index (χ4n) is 3.05. The molecule has 2 atom stereocenters. The molecule has 0 bridgehead atoms. The van der Waals surface area contributed by atoms with Gasteiger partial charge in [0.1, 0.15) is 6.20 Å². The SMILES string of the molecule is CC1CCCC(CNc2nc3sccn3c2[N+](=O)[O-])C1. The van der Waals surface area contributed by atoms with Crippen LogP contribution in [0.25, 0.3) is 4.96 Å². The van der Waals surface area contributed by atoms with Crippen molar-refractivity contribution in [2.24, 2.45) is 11.8 Å². The molecule has 2 aromatic rings. The summed E-state index contributed by atoms with van der Waals surface area (Å²) in [4.78, 5) is 15.8. The van der Waals surface area contributed by atoms with Gasteiger partial charge in [-0.25, -0.2) is 0 Å². The molecule has 7 heteroatoms. The van der Waals surface area contributed by atoms with E-state index in [2.05, 4.69) is 17.2 Å². The van der Waals surface area contributed by atoms with Crippen LogP contribution >= 0.6 is 11.3 Å². The molecule has 6 nitrogen and oxygen atoms in total. The Bertz CT molecular complexity index is 621. The molecule has 20 heavy (non-hydrogen) atoms. The molecular weight excluding hydrogens is 276 g/mol. The third kappa shape index (κ3) is 2.49. The molecule has 0 aromatic carbocycles. The fraction of sp³-hybridized carbons (Fsp3) is 0.615. The first-order chi connectivity index (χ1) is 9.65. The summed E-state index contributed by atoms with van der Waals surface area (Å²) in [6.45, 7) is 3.05. The summed E-state index contributed by atoms with van der Waals surface area (Å²) in [5.74, 6) is 1.80. The lowest BCUT2D eigenvalue weighted by Crippen LogP contribution is -2.21. The van der Waals surface area contributed by atoms with Gasteiger partial charge in [-0.2, -0.15) is 9.38 Å². The van der Waals surface area contributed by atoms with Gasteiger partial charge in [-0.15, -0.1) is 0 Å². The van der Waals surface area contributed by atoms with Crippen LogP contribution in [-0.4, -0.2) is 20.9 Å². The van der Waals surface area contributed by atoms with Gasteiger partial charge in [0.2, 0.25) is 5.82 Å². The number of fused-ring (bicyclic) bond motifs is 1. The number of nitro groups is 1. The van der Waals surface area contributed by atoms with Gasteiger partial charge in [0, 0.05) is 11.9 Å². The van der Waals surface area contributed by atoms with Crippen LogP contribution < -0.4 is 5.32 Å². The number of hydrogen-bond acceptors (Lipinski definition) is 5. The Morgan fingerprint density at radius 3 is 3.20 bits per heavy atom. The van der Waals surface area contributed by atoms with Crippen molar-refractivity contribution < 1.29 is 4.92 Å². The third-order valence-corrected chi connectivity index (χ3v) is 4.77. The Hall–Kier alpha value is -1.63. The Kier molecular flexibility index (Phi) is 3.60. The van der Waals surface area contributed by atoms with Gasteiger partial charge in [-0.1, -0.05) is 31.1 Å². The van der Waals surface area contributed by atoms with Crippen LogP contribution in [-0.2, 0) is 0 Å². The molecule has 1 fully saturated rings. The van der Waals surface area contributed by atoms with Gasteiger partial charge in [-0.05, 0) is 29.6 Å². The van der Waals surface area contributed by atoms with Gasteiger partial charge in [0.15, 0.2) is 0 Å². The number of thiazole rings is 1. The van der Waals surface area contributed by atoms with E-state index in [-0.39, 0.29) is 10.7 Å². The zero-order chi connectivity index (χ0) is 14.1. The third-order valence-electron chi connectivity index (χ3n) is 4.01. The van der Waals surface area contributed by atoms with Crippen LogP contribution in [0, 0.1) is 22.0 Å². The summed E-state index contributed by atoms with van der Waals surface area (Å²) in [5, 5.41) is 16.2. The highest BCUT2D eigenvalue weighted by Crippen LogP contribution is 2.31. The molecule has 0 spiro atoms. The molecule has 2 unspecified atom stereocenters. The minimum Gasteiger partial charge on any atom is -0.363 e. The van der Waals surface area contributed by atoms with E-state index in [1.165, 1.54) is 41.4 Å². The first-order valence-electron chi connectivity index (χ1n) is 6.99. The minimum absolute atomic E-state index is 0.0464. The predicted octanol–water partition coefficient (Wildman–Crippen LogP) is 3.54. The number of nitrogens with one attached hydrogen (secondary N) is 1. The number of hydrogen-bond donors (Lipinski definition) is 1. The summed E-state index contributed by atoms with van der Waals surface area (Å²) in [7, 11) is 0. The summed E-state index contributed by atoms with van der Waals surface area (Å²) in [5.41, 5.74) is 0. The van der Waals surface area contributed by atoms with Crippen molar-refractivity contribution in [3.63, 3.8) is 0 Å². The maximum atomic E-state index is 11.2. The molecule has 1 N–H and O–H groups in total. The number of imidazole rings is 1. The van der Waals surface area contributed by atoms with E-state index in [4.69, 9.17) is 0 Å². The highest BCUT2D eigenvalue weighted by Gasteiger charge is 2.25. The number of anilines is 1. The van der Waals surface area contributed by atoms with Crippen molar-refractivity contribution in [2.75, 3.05) is 11.9 Å². The fourth-order valence-corrected chi connectivity index (χ4v) is 3.76. The molecule has 0 radical (unpaired) electrons. The molecule has 2 aromatic heterocycles. The minimum atomic E-state index is -0.363. The molecule has 0 saturated heterocycles. The van der Waals surface area contributed by atoms with Gasteiger partial charge in [-0.3, -0.25) is 0 Å². The van der Waals surface area contributed by atoms with Crippen LogP contribution in [0.3, 0.4) is 0 Å². The lowest BCUT2D eigenvalue weighted by atomic mass is 9.82. The number of nitrogens with zero attached hydrogens (tertiary/aromatic N) is 3. The second-order valence-corrected chi connectivity index (χ2v) is 6.49. The molecule has 2 heterocycles. The summed E-state index contributed by atoms with van der Waals surface area (Å²) in [6, 6.07) is 0. The largest absolute Gasteiger partial charge is 0.372 e. The van der Waals surface area contributed by atoms with E-state index in [0.29, 0.717) is 16.7 Å². The van der Waals surface area contributed by atoms with Crippen molar-refractivity contribution in [1.82, 2.24) is 9.38 Å². The Morgan fingerprint density at radius 1 is 1.60 bits per heavy atom. The highest BCUT2D eigenvalue weighted by atomic mass is 32.1. The number of rotatable bonds is 4. The monoisotopic (exact) mass is 294 g/mol.